The Labute approximate surface area is 192 Å². The Balaban J connectivity index is 3.00. The number of nitrogens with zero attached hydrogens (tertiary/aromatic N) is 1. The van der Waals surface area contributed by atoms with E-state index < -0.39 is 60.2 Å². The molecule has 1 saturated heterocycles. The molecular weight excluding hydrogens is 438 g/mol. The normalized spacial score (nSPS) is 19.5. The smallest absolute Gasteiger partial charge is 0.326 e. The number of hydrogen-bond acceptors (Lipinski definition) is 7. The van der Waals surface area contributed by atoms with Crippen LogP contribution in [0.4, 0.5) is 0 Å². The van der Waals surface area contributed by atoms with Gasteiger partial charge in [0.05, 0.1) is 12.5 Å². The highest BCUT2D eigenvalue weighted by molar-refractivity contribution is 7.98. The topological polar surface area (TPSA) is 185 Å². The van der Waals surface area contributed by atoms with Crippen molar-refractivity contribution in [2.75, 3.05) is 18.6 Å². The lowest BCUT2D eigenvalue weighted by Crippen LogP contribution is -2.59. The van der Waals surface area contributed by atoms with Gasteiger partial charge in [-0.25, -0.2) is 4.79 Å². The van der Waals surface area contributed by atoms with E-state index in [0.717, 1.165) is 4.90 Å². The summed E-state index contributed by atoms with van der Waals surface area (Å²) in [5.74, 6) is -3.40. The van der Waals surface area contributed by atoms with Crippen LogP contribution in [0.5, 0.6) is 0 Å². The Morgan fingerprint density at radius 2 is 1.84 bits per heavy atom. The zero-order chi connectivity index (χ0) is 24.4. The molecule has 32 heavy (non-hydrogen) atoms. The second-order valence-corrected chi connectivity index (χ2v) is 9.00. The monoisotopic (exact) mass is 473 g/mol. The van der Waals surface area contributed by atoms with E-state index in [1.807, 2.05) is 13.2 Å². The van der Waals surface area contributed by atoms with Crippen molar-refractivity contribution >= 4 is 41.4 Å². The van der Waals surface area contributed by atoms with Crippen molar-refractivity contribution in [3.63, 3.8) is 0 Å². The van der Waals surface area contributed by atoms with E-state index in [2.05, 4.69) is 10.6 Å². The van der Waals surface area contributed by atoms with Gasteiger partial charge in [0.25, 0.3) is 0 Å². The highest BCUT2D eigenvalue weighted by Crippen LogP contribution is 2.19. The second kappa shape index (κ2) is 13.3. The molecule has 0 aromatic heterocycles. The first-order chi connectivity index (χ1) is 15.0. The fraction of sp³-hybridized carbons (Fsp3) is 0.750. The Morgan fingerprint density at radius 3 is 2.38 bits per heavy atom. The van der Waals surface area contributed by atoms with E-state index in [9.17, 15) is 29.1 Å². The quantitative estimate of drug-likeness (QED) is 0.226. The first kappa shape index (κ1) is 27.7. The Kier molecular flexibility index (Phi) is 11.5. The fourth-order valence-corrected chi connectivity index (χ4v) is 3.98. The summed E-state index contributed by atoms with van der Waals surface area (Å²) in [6.45, 7) is 3.82. The molecule has 5 atom stereocenters. The van der Waals surface area contributed by atoms with Gasteiger partial charge in [0, 0.05) is 6.54 Å². The fourth-order valence-electron chi connectivity index (χ4n) is 3.49. The molecule has 1 rings (SSSR count). The van der Waals surface area contributed by atoms with Crippen LogP contribution in [0.1, 0.15) is 46.0 Å². The number of carbonyl (C=O) groups is 5. The van der Waals surface area contributed by atoms with Gasteiger partial charge in [0.2, 0.25) is 23.6 Å². The molecule has 11 nitrogen and oxygen atoms in total. The molecule has 182 valence electrons. The number of aliphatic carboxylic acids is 1. The largest absolute Gasteiger partial charge is 0.480 e. The number of rotatable bonds is 13. The molecule has 0 aromatic rings. The van der Waals surface area contributed by atoms with E-state index in [4.69, 9.17) is 11.5 Å². The third-order valence-corrected chi connectivity index (χ3v) is 6.25. The van der Waals surface area contributed by atoms with E-state index in [1.165, 1.54) is 0 Å². The Morgan fingerprint density at radius 1 is 1.19 bits per heavy atom. The van der Waals surface area contributed by atoms with Crippen molar-refractivity contribution in [3.8, 4) is 0 Å². The van der Waals surface area contributed by atoms with Crippen LogP contribution in [0.25, 0.3) is 0 Å². The number of carboxylic acids is 1. The van der Waals surface area contributed by atoms with Gasteiger partial charge < -0.3 is 32.1 Å². The zero-order valence-corrected chi connectivity index (χ0v) is 19.7. The number of hydrogen-bond donors (Lipinski definition) is 5. The molecule has 12 heteroatoms. The molecule has 7 N–H and O–H groups in total. The highest BCUT2D eigenvalue weighted by Gasteiger charge is 2.39. The molecule has 0 radical (unpaired) electrons. The molecule has 0 bridgehead atoms. The number of thioether (sulfide) groups is 1. The standard InChI is InChI=1S/C20H35N5O6S/c1-4-11(2)16(24-17(27)12(21)7-9-32-3)18(28)23-13(10-15(22)26)19(29)25-8-5-6-14(25)20(30)31/h11-14,16H,4-10,21H2,1-3H3,(H2,22,26)(H,23,28)(H,24,27)(H,30,31). The highest BCUT2D eigenvalue weighted by atomic mass is 32.2. The number of carbonyl (C=O) groups excluding carboxylic acids is 4. The average molecular weight is 474 g/mol. The van der Waals surface area contributed by atoms with Crippen molar-refractivity contribution in [3.05, 3.63) is 0 Å². The Hall–Kier alpha value is -2.34. The molecule has 0 saturated carbocycles. The van der Waals surface area contributed by atoms with Gasteiger partial charge >= 0.3 is 5.97 Å². The molecule has 0 aliphatic carbocycles. The maximum atomic E-state index is 13.0. The molecule has 0 spiro atoms. The summed E-state index contributed by atoms with van der Waals surface area (Å²) < 4.78 is 0. The van der Waals surface area contributed by atoms with Crippen LogP contribution in [-0.2, 0) is 24.0 Å². The summed E-state index contributed by atoms with van der Waals surface area (Å²) in [5, 5.41) is 14.5. The SMILES string of the molecule is CCC(C)C(NC(=O)C(N)CCSC)C(=O)NC(CC(N)=O)C(=O)N1CCCC1C(=O)O. The van der Waals surface area contributed by atoms with Gasteiger partial charge in [0.1, 0.15) is 18.1 Å². The minimum Gasteiger partial charge on any atom is -0.480 e. The molecule has 1 aliphatic heterocycles. The van der Waals surface area contributed by atoms with Crippen LogP contribution in [-0.4, -0.2) is 82.3 Å². The second-order valence-electron chi connectivity index (χ2n) is 8.02. The summed E-state index contributed by atoms with van der Waals surface area (Å²) in [5.41, 5.74) is 11.2. The van der Waals surface area contributed by atoms with Crippen LogP contribution in [0.2, 0.25) is 0 Å². The first-order valence-corrected chi connectivity index (χ1v) is 12.1. The summed E-state index contributed by atoms with van der Waals surface area (Å²) in [6.07, 6.45) is 3.19. The number of primary amides is 1. The van der Waals surface area contributed by atoms with Gasteiger partial charge in [-0.05, 0) is 37.2 Å². The average Bonchev–Trinajstić information content (AvgIpc) is 3.23. The maximum absolute atomic E-state index is 13.0. The lowest BCUT2D eigenvalue weighted by Gasteiger charge is -2.30. The van der Waals surface area contributed by atoms with Crippen LogP contribution in [0.15, 0.2) is 0 Å². The van der Waals surface area contributed by atoms with Gasteiger partial charge in [-0.3, -0.25) is 19.2 Å². The number of nitrogens with one attached hydrogen (secondary N) is 2. The van der Waals surface area contributed by atoms with Crippen molar-refractivity contribution in [2.45, 2.75) is 70.1 Å². The van der Waals surface area contributed by atoms with Gasteiger partial charge in [-0.1, -0.05) is 20.3 Å². The summed E-state index contributed by atoms with van der Waals surface area (Å²) in [4.78, 5) is 62.6. The molecular formula is C20H35N5O6S. The predicted octanol–water partition coefficient (Wildman–Crippen LogP) is -0.966. The molecule has 1 heterocycles. The Bertz CT molecular complexity index is 706. The molecule has 1 fully saturated rings. The van der Waals surface area contributed by atoms with Crippen LogP contribution >= 0.6 is 11.8 Å². The van der Waals surface area contributed by atoms with Crippen molar-refractivity contribution in [2.24, 2.45) is 17.4 Å². The number of amides is 4. The van der Waals surface area contributed by atoms with Crippen LogP contribution in [0.3, 0.4) is 0 Å². The summed E-state index contributed by atoms with van der Waals surface area (Å²) >= 11 is 1.55. The number of nitrogens with two attached hydrogens (primary N) is 2. The van der Waals surface area contributed by atoms with E-state index in [0.29, 0.717) is 25.0 Å². The van der Waals surface area contributed by atoms with E-state index in [1.54, 1.807) is 18.7 Å². The van der Waals surface area contributed by atoms with Crippen LogP contribution < -0.4 is 22.1 Å². The predicted molar refractivity (Wildman–Crippen MR) is 120 cm³/mol. The molecule has 5 unspecified atom stereocenters. The third kappa shape index (κ3) is 7.97. The lowest BCUT2D eigenvalue weighted by atomic mass is 9.97. The lowest BCUT2D eigenvalue weighted by molar-refractivity contribution is -0.149. The van der Waals surface area contributed by atoms with Crippen molar-refractivity contribution < 1.29 is 29.1 Å². The molecule has 1 aliphatic rings. The minimum atomic E-state index is -1.33. The molecule has 0 aromatic carbocycles. The van der Waals surface area contributed by atoms with Crippen molar-refractivity contribution in [1.29, 1.82) is 0 Å². The van der Waals surface area contributed by atoms with E-state index in [-0.39, 0.29) is 18.9 Å². The van der Waals surface area contributed by atoms with E-state index >= 15 is 0 Å². The molecule has 4 amide bonds. The van der Waals surface area contributed by atoms with Crippen molar-refractivity contribution in [1.82, 2.24) is 15.5 Å². The zero-order valence-electron chi connectivity index (χ0n) is 18.8. The number of carboxylic acid groups (broad SMARTS) is 1. The summed E-state index contributed by atoms with van der Waals surface area (Å²) in [7, 11) is 0. The first-order valence-electron chi connectivity index (χ1n) is 10.7. The number of likely N-dealkylation sites (tertiary alicyclic amines) is 1. The minimum absolute atomic E-state index is 0.205. The van der Waals surface area contributed by atoms with Gasteiger partial charge in [-0.15, -0.1) is 0 Å². The summed E-state index contributed by atoms with van der Waals surface area (Å²) in [6, 6.07) is -4.11. The maximum Gasteiger partial charge on any atom is 0.326 e. The third-order valence-electron chi connectivity index (χ3n) is 5.60. The van der Waals surface area contributed by atoms with Crippen LogP contribution in [0, 0.1) is 5.92 Å². The van der Waals surface area contributed by atoms with Gasteiger partial charge in [0.15, 0.2) is 0 Å². The van der Waals surface area contributed by atoms with Gasteiger partial charge in [-0.2, -0.15) is 11.8 Å².